The van der Waals surface area contributed by atoms with Crippen LogP contribution in [0.4, 0.5) is 0 Å². The van der Waals surface area contributed by atoms with Gasteiger partial charge in [-0.05, 0) is 44.3 Å². The van der Waals surface area contributed by atoms with Gasteiger partial charge in [0.1, 0.15) is 5.78 Å². The highest BCUT2D eigenvalue weighted by atomic mass is 28.4. The Morgan fingerprint density at radius 1 is 1.27 bits per heavy atom. The van der Waals surface area contributed by atoms with Crippen molar-refractivity contribution >= 4 is 20.3 Å². The van der Waals surface area contributed by atoms with Gasteiger partial charge in [-0.1, -0.05) is 20.8 Å². The van der Waals surface area contributed by atoms with Crippen molar-refractivity contribution in [1.29, 1.82) is 0 Å². The number of piperidine rings is 1. The Hall–Kier alpha value is -0.683. The van der Waals surface area contributed by atoms with Crippen molar-refractivity contribution in [1.82, 2.24) is 5.01 Å². The summed E-state index contributed by atoms with van der Waals surface area (Å²) < 4.78 is 6.23. The number of hydrazone groups is 1. The minimum absolute atomic E-state index is 0.00298. The van der Waals surface area contributed by atoms with Crippen molar-refractivity contribution in [3.8, 4) is 0 Å². The SMILES string of the molecule is CC(CC(=O)CC=NN1CCCCC1)O[Si](C)(C)C(C)(C)C. The molecule has 1 rings (SSSR count). The van der Waals surface area contributed by atoms with Crippen molar-refractivity contribution in [3.05, 3.63) is 0 Å². The van der Waals surface area contributed by atoms with Gasteiger partial charge in [0.2, 0.25) is 0 Å². The van der Waals surface area contributed by atoms with Gasteiger partial charge in [-0.25, -0.2) is 0 Å². The van der Waals surface area contributed by atoms with Crippen molar-refractivity contribution in [2.75, 3.05) is 13.1 Å². The molecular formula is C17H34N2O2Si. The van der Waals surface area contributed by atoms with Crippen LogP contribution in [0.15, 0.2) is 5.10 Å². The van der Waals surface area contributed by atoms with Crippen LogP contribution in [-0.2, 0) is 9.22 Å². The minimum atomic E-state index is -1.79. The molecule has 1 heterocycles. The molecule has 1 fully saturated rings. The van der Waals surface area contributed by atoms with E-state index in [0.29, 0.717) is 12.8 Å². The largest absolute Gasteiger partial charge is 0.414 e. The van der Waals surface area contributed by atoms with Crippen LogP contribution in [0.3, 0.4) is 0 Å². The van der Waals surface area contributed by atoms with E-state index in [4.69, 9.17) is 4.43 Å². The number of rotatable bonds is 7. The monoisotopic (exact) mass is 326 g/mol. The smallest absolute Gasteiger partial charge is 0.192 e. The fourth-order valence-electron chi connectivity index (χ4n) is 2.38. The number of nitrogens with zero attached hydrogens (tertiary/aromatic N) is 2. The standard InChI is InChI=1S/C17H34N2O2Si/c1-15(21-22(5,6)17(2,3)4)14-16(20)10-11-18-19-12-8-7-9-13-19/h11,15H,7-10,12-14H2,1-6H3. The van der Waals surface area contributed by atoms with Crippen molar-refractivity contribution in [2.24, 2.45) is 5.10 Å². The summed E-state index contributed by atoms with van der Waals surface area (Å²) in [5.74, 6) is 0.215. The molecule has 128 valence electrons. The van der Waals surface area contributed by atoms with Crippen LogP contribution in [0.1, 0.15) is 59.8 Å². The van der Waals surface area contributed by atoms with E-state index in [1.807, 2.05) is 6.92 Å². The molecule has 4 nitrogen and oxygen atoms in total. The summed E-state index contributed by atoms with van der Waals surface area (Å²) in [6, 6.07) is 0. The molecule has 1 aliphatic heterocycles. The number of ketones is 1. The van der Waals surface area contributed by atoms with E-state index >= 15 is 0 Å². The van der Waals surface area contributed by atoms with E-state index in [1.54, 1.807) is 6.21 Å². The van der Waals surface area contributed by atoms with Crippen LogP contribution in [0.25, 0.3) is 0 Å². The van der Waals surface area contributed by atoms with Crippen LogP contribution in [0.2, 0.25) is 18.1 Å². The second kappa shape index (κ2) is 8.25. The number of carbonyl (C=O) groups excluding carboxylic acids is 1. The summed E-state index contributed by atoms with van der Waals surface area (Å²) in [7, 11) is -1.79. The quantitative estimate of drug-likeness (QED) is 0.519. The van der Waals surface area contributed by atoms with E-state index in [1.165, 1.54) is 19.3 Å². The zero-order chi connectivity index (χ0) is 16.8. The molecular weight excluding hydrogens is 292 g/mol. The maximum absolute atomic E-state index is 12.1. The number of Topliss-reactive ketones (excluding diaryl/α,β-unsaturated/α-hetero) is 1. The average molecular weight is 327 g/mol. The van der Waals surface area contributed by atoms with Gasteiger partial charge in [0.25, 0.3) is 0 Å². The van der Waals surface area contributed by atoms with Crippen LogP contribution >= 0.6 is 0 Å². The fraction of sp³-hybridized carbons (Fsp3) is 0.882. The molecule has 1 atom stereocenters. The van der Waals surface area contributed by atoms with Gasteiger partial charge in [0.15, 0.2) is 8.32 Å². The molecule has 22 heavy (non-hydrogen) atoms. The number of hydrogen-bond donors (Lipinski definition) is 0. The predicted octanol–water partition coefficient (Wildman–Crippen LogP) is 4.22. The Balaban J connectivity index is 2.33. The Labute approximate surface area is 137 Å². The van der Waals surface area contributed by atoms with Crippen LogP contribution in [0.5, 0.6) is 0 Å². The molecule has 0 amide bonds. The van der Waals surface area contributed by atoms with Crippen LogP contribution < -0.4 is 0 Å². The molecule has 0 bridgehead atoms. The molecule has 5 heteroatoms. The van der Waals surface area contributed by atoms with Crippen molar-refractivity contribution < 1.29 is 9.22 Å². The summed E-state index contributed by atoms with van der Waals surface area (Å²) in [4.78, 5) is 12.1. The molecule has 1 saturated heterocycles. The van der Waals surface area contributed by atoms with E-state index < -0.39 is 8.32 Å². The highest BCUT2D eigenvalue weighted by molar-refractivity contribution is 6.74. The maximum Gasteiger partial charge on any atom is 0.192 e. The molecule has 0 aromatic heterocycles. The van der Waals surface area contributed by atoms with E-state index in [0.717, 1.165) is 13.1 Å². The lowest BCUT2D eigenvalue weighted by molar-refractivity contribution is -0.119. The van der Waals surface area contributed by atoms with Crippen LogP contribution in [0, 0.1) is 0 Å². The molecule has 1 aliphatic rings. The predicted molar refractivity (Wildman–Crippen MR) is 95.9 cm³/mol. The third-order valence-electron chi connectivity index (χ3n) is 4.71. The molecule has 0 aromatic carbocycles. The van der Waals surface area contributed by atoms with E-state index in [-0.39, 0.29) is 16.9 Å². The van der Waals surface area contributed by atoms with Crippen molar-refractivity contribution in [2.45, 2.75) is 84.0 Å². The summed E-state index contributed by atoms with van der Waals surface area (Å²) in [5.41, 5.74) is 0. The van der Waals surface area contributed by atoms with Gasteiger partial charge < -0.3 is 4.43 Å². The minimum Gasteiger partial charge on any atom is -0.414 e. The first-order valence-electron chi connectivity index (χ1n) is 8.59. The highest BCUT2D eigenvalue weighted by Gasteiger charge is 2.38. The maximum atomic E-state index is 12.1. The Kier molecular flexibility index (Phi) is 7.26. The lowest BCUT2D eigenvalue weighted by Crippen LogP contribution is -2.43. The highest BCUT2D eigenvalue weighted by Crippen LogP contribution is 2.37. The summed E-state index contributed by atoms with van der Waals surface area (Å²) in [5, 5.41) is 6.66. The number of carbonyl (C=O) groups is 1. The Morgan fingerprint density at radius 2 is 1.86 bits per heavy atom. The topological polar surface area (TPSA) is 41.9 Å². The van der Waals surface area contributed by atoms with E-state index in [2.05, 4.69) is 44.0 Å². The Morgan fingerprint density at radius 3 is 2.41 bits per heavy atom. The summed E-state index contributed by atoms with van der Waals surface area (Å²) in [6.07, 6.45) is 6.39. The van der Waals surface area contributed by atoms with Crippen molar-refractivity contribution in [3.63, 3.8) is 0 Å². The lowest BCUT2D eigenvalue weighted by Gasteiger charge is -2.38. The molecule has 1 unspecified atom stereocenters. The van der Waals surface area contributed by atoms with Gasteiger partial charge in [-0.3, -0.25) is 9.80 Å². The first kappa shape index (κ1) is 19.4. The first-order valence-corrected chi connectivity index (χ1v) is 11.5. The fourth-order valence-corrected chi connectivity index (χ4v) is 3.82. The molecule has 0 aliphatic carbocycles. The zero-order valence-electron chi connectivity index (χ0n) is 15.3. The van der Waals surface area contributed by atoms with Crippen LogP contribution in [-0.4, -0.2) is 44.5 Å². The van der Waals surface area contributed by atoms with Gasteiger partial charge in [-0.15, -0.1) is 0 Å². The molecule has 0 spiro atoms. The third-order valence-corrected chi connectivity index (χ3v) is 9.32. The lowest BCUT2D eigenvalue weighted by atomic mass is 10.1. The van der Waals surface area contributed by atoms with E-state index in [9.17, 15) is 4.79 Å². The average Bonchev–Trinajstić information content (AvgIpc) is 2.37. The molecule has 0 radical (unpaired) electrons. The second-order valence-corrected chi connectivity index (χ2v) is 12.7. The van der Waals surface area contributed by atoms with Gasteiger partial charge in [-0.2, -0.15) is 5.10 Å². The molecule has 0 N–H and O–H groups in total. The molecule has 0 aromatic rings. The number of hydrogen-bond acceptors (Lipinski definition) is 4. The molecule has 0 saturated carbocycles. The normalized spacial score (nSPS) is 18.7. The summed E-state index contributed by atoms with van der Waals surface area (Å²) >= 11 is 0. The second-order valence-electron chi connectivity index (χ2n) is 7.95. The van der Waals surface area contributed by atoms with Gasteiger partial charge in [0, 0.05) is 38.2 Å². The van der Waals surface area contributed by atoms with Gasteiger partial charge >= 0.3 is 0 Å². The Bertz CT molecular complexity index is 383. The third kappa shape index (κ3) is 6.61. The summed E-state index contributed by atoms with van der Waals surface area (Å²) in [6.45, 7) is 15.2. The van der Waals surface area contributed by atoms with Gasteiger partial charge in [0.05, 0.1) is 0 Å². The first-order chi connectivity index (χ1) is 10.1. The zero-order valence-corrected chi connectivity index (χ0v) is 16.3.